The molecular formula is C10H15N3O4. The zero-order valence-electron chi connectivity index (χ0n) is 9.36. The molecule has 1 aromatic carbocycles. The average molecular weight is 241 g/mol. The average Bonchev–Trinajstić information content (AvgIpc) is 2.30. The summed E-state index contributed by atoms with van der Waals surface area (Å²) in [6.45, 7) is -0.0385. The van der Waals surface area contributed by atoms with Crippen LogP contribution in [-0.4, -0.2) is 36.5 Å². The molecule has 7 heteroatoms. The lowest BCUT2D eigenvalue weighted by atomic mass is 10.2. The van der Waals surface area contributed by atoms with Crippen LogP contribution < -0.4 is 21.1 Å². The van der Waals surface area contributed by atoms with E-state index in [0.717, 1.165) is 0 Å². The number of nitrogens with two attached hydrogens (primary N) is 1. The van der Waals surface area contributed by atoms with Crippen LogP contribution in [0.5, 0.6) is 11.5 Å². The molecule has 94 valence electrons. The molecule has 0 saturated carbocycles. The predicted octanol–water partition coefficient (Wildman–Crippen LogP) is 0.0968. The summed E-state index contributed by atoms with van der Waals surface area (Å²) in [4.78, 5) is 11.3. The number of aliphatic hydroxyl groups excluding tert-OH is 1. The van der Waals surface area contributed by atoms with E-state index in [4.69, 9.17) is 15.6 Å². The van der Waals surface area contributed by atoms with Crippen LogP contribution in [0.25, 0.3) is 0 Å². The number of rotatable bonds is 4. The third-order valence-electron chi connectivity index (χ3n) is 1.99. The fourth-order valence-corrected chi connectivity index (χ4v) is 1.20. The molecule has 0 fully saturated rings. The van der Waals surface area contributed by atoms with Crippen LogP contribution in [0, 0.1) is 0 Å². The van der Waals surface area contributed by atoms with Crippen molar-refractivity contribution in [2.75, 3.05) is 31.3 Å². The molecule has 2 amide bonds. The van der Waals surface area contributed by atoms with Crippen molar-refractivity contribution >= 4 is 17.4 Å². The van der Waals surface area contributed by atoms with E-state index in [0.29, 0.717) is 5.75 Å². The second-order valence-corrected chi connectivity index (χ2v) is 3.22. The molecule has 1 rings (SSSR count). The Labute approximate surface area is 98.2 Å². The van der Waals surface area contributed by atoms with Crippen molar-refractivity contribution in [3.63, 3.8) is 0 Å². The van der Waals surface area contributed by atoms with E-state index >= 15 is 0 Å². The van der Waals surface area contributed by atoms with Gasteiger partial charge in [0, 0.05) is 18.7 Å². The van der Waals surface area contributed by atoms with Crippen LogP contribution in [0.4, 0.5) is 16.2 Å². The van der Waals surface area contributed by atoms with Gasteiger partial charge < -0.3 is 31.3 Å². The Balaban J connectivity index is 2.80. The fourth-order valence-electron chi connectivity index (χ4n) is 1.20. The number of nitrogen functional groups attached to an aromatic ring is 1. The number of ether oxygens (including phenoxy) is 1. The van der Waals surface area contributed by atoms with Crippen LogP contribution in [0.15, 0.2) is 12.1 Å². The van der Waals surface area contributed by atoms with E-state index in [1.807, 2.05) is 0 Å². The minimum Gasteiger partial charge on any atom is -0.506 e. The molecule has 7 nitrogen and oxygen atoms in total. The van der Waals surface area contributed by atoms with Crippen molar-refractivity contribution in [3.05, 3.63) is 12.1 Å². The van der Waals surface area contributed by atoms with Gasteiger partial charge in [0.25, 0.3) is 0 Å². The summed E-state index contributed by atoms with van der Waals surface area (Å²) in [5, 5.41) is 22.9. The topological polar surface area (TPSA) is 117 Å². The number of urea groups is 1. The SMILES string of the molecule is COc1cc(NC(=O)NCCO)c(O)cc1N. The van der Waals surface area contributed by atoms with Crippen LogP contribution >= 0.6 is 0 Å². The summed E-state index contributed by atoms with van der Waals surface area (Å²) in [5.41, 5.74) is 6.01. The van der Waals surface area contributed by atoms with Crippen molar-refractivity contribution < 1.29 is 19.7 Å². The minimum absolute atomic E-state index is 0.124. The van der Waals surface area contributed by atoms with Crippen molar-refractivity contribution in [2.24, 2.45) is 0 Å². The van der Waals surface area contributed by atoms with E-state index < -0.39 is 6.03 Å². The van der Waals surface area contributed by atoms with Gasteiger partial charge in [0.15, 0.2) is 0 Å². The van der Waals surface area contributed by atoms with Gasteiger partial charge in [-0.1, -0.05) is 0 Å². The Morgan fingerprint density at radius 2 is 2.24 bits per heavy atom. The van der Waals surface area contributed by atoms with Gasteiger partial charge in [-0.25, -0.2) is 4.79 Å². The zero-order chi connectivity index (χ0) is 12.8. The number of phenolic OH excluding ortho intramolecular Hbond substituents is 1. The number of aromatic hydroxyl groups is 1. The van der Waals surface area contributed by atoms with E-state index in [9.17, 15) is 9.90 Å². The summed E-state index contributed by atoms with van der Waals surface area (Å²) in [6, 6.07) is 2.14. The maximum atomic E-state index is 11.3. The molecule has 0 aliphatic rings. The summed E-state index contributed by atoms with van der Waals surface area (Å²) in [6.07, 6.45) is 0. The van der Waals surface area contributed by atoms with Gasteiger partial charge in [0.2, 0.25) is 0 Å². The fraction of sp³-hybridized carbons (Fsp3) is 0.300. The number of amides is 2. The zero-order valence-corrected chi connectivity index (χ0v) is 9.36. The summed E-state index contributed by atoms with van der Waals surface area (Å²) in [5.74, 6) is 0.183. The Bertz CT molecular complexity index is 409. The van der Waals surface area contributed by atoms with Gasteiger partial charge >= 0.3 is 6.03 Å². The van der Waals surface area contributed by atoms with Crippen molar-refractivity contribution in [3.8, 4) is 11.5 Å². The highest BCUT2D eigenvalue weighted by Gasteiger charge is 2.10. The van der Waals surface area contributed by atoms with Crippen molar-refractivity contribution in [1.82, 2.24) is 5.32 Å². The number of carbonyl (C=O) groups is 1. The molecule has 6 N–H and O–H groups in total. The quantitative estimate of drug-likeness (QED) is 0.378. The first-order valence-electron chi connectivity index (χ1n) is 4.90. The molecule has 0 aromatic heterocycles. The van der Waals surface area contributed by atoms with Gasteiger partial charge in [-0.05, 0) is 0 Å². The summed E-state index contributed by atoms with van der Waals surface area (Å²) >= 11 is 0. The lowest BCUT2D eigenvalue weighted by molar-refractivity contribution is 0.244. The first kappa shape index (κ1) is 12.9. The van der Waals surface area contributed by atoms with Gasteiger partial charge in [0.05, 0.1) is 25.1 Å². The van der Waals surface area contributed by atoms with Gasteiger partial charge in [-0.15, -0.1) is 0 Å². The van der Waals surface area contributed by atoms with Gasteiger partial charge in [-0.3, -0.25) is 0 Å². The van der Waals surface area contributed by atoms with Crippen molar-refractivity contribution in [1.29, 1.82) is 0 Å². The molecule has 0 bridgehead atoms. The van der Waals surface area contributed by atoms with Gasteiger partial charge in [-0.2, -0.15) is 0 Å². The highest BCUT2D eigenvalue weighted by Crippen LogP contribution is 2.33. The Hall–Kier alpha value is -2.15. The molecular weight excluding hydrogens is 226 g/mol. The van der Waals surface area contributed by atoms with Crippen LogP contribution in [0.1, 0.15) is 0 Å². The van der Waals surface area contributed by atoms with Crippen molar-refractivity contribution in [2.45, 2.75) is 0 Å². The summed E-state index contributed by atoms with van der Waals surface area (Å²) in [7, 11) is 1.43. The first-order valence-corrected chi connectivity index (χ1v) is 4.90. The number of aliphatic hydroxyl groups is 1. The second kappa shape index (κ2) is 5.80. The molecule has 17 heavy (non-hydrogen) atoms. The highest BCUT2D eigenvalue weighted by atomic mass is 16.5. The van der Waals surface area contributed by atoms with Gasteiger partial charge in [0.1, 0.15) is 11.5 Å². The third kappa shape index (κ3) is 3.42. The van der Waals surface area contributed by atoms with Crippen LogP contribution in [0.2, 0.25) is 0 Å². The molecule has 0 aliphatic heterocycles. The molecule has 0 atom stereocenters. The number of methoxy groups -OCH3 is 1. The largest absolute Gasteiger partial charge is 0.506 e. The molecule has 0 saturated heterocycles. The number of benzene rings is 1. The lowest BCUT2D eigenvalue weighted by Crippen LogP contribution is -2.31. The van der Waals surface area contributed by atoms with E-state index in [-0.39, 0.29) is 30.3 Å². The summed E-state index contributed by atoms with van der Waals surface area (Å²) < 4.78 is 4.96. The third-order valence-corrected chi connectivity index (χ3v) is 1.99. The number of nitrogens with one attached hydrogen (secondary N) is 2. The Kier molecular flexibility index (Phi) is 4.41. The minimum atomic E-state index is -0.541. The number of anilines is 2. The standard InChI is InChI=1S/C10H15N3O4/c1-17-9-5-7(8(15)4-6(9)11)13-10(16)12-2-3-14/h4-5,14-15H,2-3,11H2,1H3,(H2,12,13,16). The smallest absolute Gasteiger partial charge is 0.319 e. The molecule has 0 heterocycles. The van der Waals surface area contributed by atoms with Crippen LogP contribution in [-0.2, 0) is 0 Å². The Morgan fingerprint density at radius 3 is 2.82 bits per heavy atom. The number of hydrogen-bond acceptors (Lipinski definition) is 5. The number of phenols is 1. The first-order chi connectivity index (χ1) is 8.08. The van der Waals surface area contributed by atoms with Crippen LogP contribution in [0.3, 0.4) is 0 Å². The molecule has 1 aromatic rings. The maximum Gasteiger partial charge on any atom is 0.319 e. The molecule has 0 spiro atoms. The predicted molar refractivity (Wildman–Crippen MR) is 63.2 cm³/mol. The monoisotopic (exact) mass is 241 g/mol. The molecule has 0 aliphatic carbocycles. The van der Waals surface area contributed by atoms with E-state index in [1.54, 1.807) is 0 Å². The van der Waals surface area contributed by atoms with E-state index in [1.165, 1.54) is 19.2 Å². The highest BCUT2D eigenvalue weighted by molar-refractivity contribution is 5.91. The molecule has 0 radical (unpaired) electrons. The Morgan fingerprint density at radius 1 is 1.53 bits per heavy atom. The number of carbonyl (C=O) groups excluding carboxylic acids is 1. The number of hydrogen-bond donors (Lipinski definition) is 5. The molecule has 0 unspecified atom stereocenters. The lowest BCUT2D eigenvalue weighted by Gasteiger charge is -2.11. The second-order valence-electron chi connectivity index (χ2n) is 3.22. The maximum absolute atomic E-state index is 11.3. The van der Waals surface area contributed by atoms with E-state index in [2.05, 4.69) is 10.6 Å². The normalized spacial score (nSPS) is 9.76.